The van der Waals surface area contributed by atoms with Gasteiger partial charge in [0.15, 0.2) is 6.19 Å². The van der Waals surface area contributed by atoms with Crippen molar-refractivity contribution in [1.29, 1.82) is 5.26 Å². The Kier molecular flexibility index (Phi) is 12.2. The van der Waals surface area contributed by atoms with E-state index in [0.29, 0.717) is 44.9 Å². The van der Waals surface area contributed by atoms with Crippen molar-refractivity contribution >= 4 is 11.8 Å². The number of aliphatic hydroxyl groups excluding tert-OH is 2. The molecular formula is C21H36N4O4. The van der Waals surface area contributed by atoms with E-state index in [2.05, 4.69) is 15.7 Å². The molecule has 0 aliphatic heterocycles. The van der Waals surface area contributed by atoms with Gasteiger partial charge in [0.2, 0.25) is 5.91 Å². The highest BCUT2D eigenvalue weighted by Gasteiger charge is 2.25. The van der Waals surface area contributed by atoms with Gasteiger partial charge in [0.1, 0.15) is 0 Å². The molecule has 0 aromatic carbocycles. The maximum absolute atomic E-state index is 11.5. The molecule has 0 heterocycles. The molecule has 8 heteroatoms. The summed E-state index contributed by atoms with van der Waals surface area (Å²) in [5.74, 6) is -0.625. The molecule has 8 nitrogen and oxygen atoms in total. The number of nitrogens with zero attached hydrogens (tertiary/aromatic N) is 2. The highest BCUT2D eigenvalue weighted by atomic mass is 16.3. The molecule has 0 aromatic rings. The van der Waals surface area contributed by atoms with Gasteiger partial charge in [0, 0.05) is 12.8 Å². The highest BCUT2D eigenvalue weighted by Crippen LogP contribution is 2.29. The zero-order valence-corrected chi connectivity index (χ0v) is 18.1. The summed E-state index contributed by atoms with van der Waals surface area (Å²) in [5, 5.41) is 30.9. The fourth-order valence-corrected chi connectivity index (χ4v) is 3.25. The van der Waals surface area contributed by atoms with E-state index < -0.39 is 12.2 Å². The number of nitriles is 1. The fourth-order valence-electron chi connectivity index (χ4n) is 3.25. The molecule has 0 aliphatic carbocycles. The van der Waals surface area contributed by atoms with Crippen molar-refractivity contribution in [2.45, 2.75) is 97.7 Å². The van der Waals surface area contributed by atoms with Gasteiger partial charge in [0.25, 0.3) is 5.91 Å². The Hall–Kier alpha value is -2.16. The van der Waals surface area contributed by atoms with Gasteiger partial charge < -0.3 is 10.2 Å². The number of carbonyl (C=O) groups excluding carboxylic acids is 2. The molecule has 4 N–H and O–H groups in total. The van der Waals surface area contributed by atoms with Crippen molar-refractivity contribution in [2.24, 2.45) is 10.8 Å². The van der Waals surface area contributed by atoms with Crippen LogP contribution in [0.5, 0.6) is 0 Å². The smallest absolute Gasteiger partial charge is 0.288 e. The monoisotopic (exact) mass is 408 g/mol. The first-order valence-corrected chi connectivity index (χ1v) is 10.1. The SMILES string of the molecule is [C-]#[N+]NC(=O)CC(C)(C)CCC(O)CCCC(O)CCC(C)(C)CC(=O)NC#N. The van der Waals surface area contributed by atoms with Crippen LogP contribution in [0.25, 0.3) is 4.95 Å². The molecule has 0 aliphatic rings. The van der Waals surface area contributed by atoms with Gasteiger partial charge >= 0.3 is 0 Å². The fraction of sp³-hybridized carbons (Fsp3) is 0.810. The molecule has 164 valence electrons. The second kappa shape index (κ2) is 13.1. The van der Waals surface area contributed by atoms with Crippen LogP contribution in [0.15, 0.2) is 0 Å². The van der Waals surface area contributed by atoms with Crippen LogP contribution < -0.4 is 10.7 Å². The Balaban J connectivity index is 4.08. The maximum atomic E-state index is 11.5. The lowest BCUT2D eigenvalue weighted by Gasteiger charge is -2.25. The molecule has 29 heavy (non-hydrogen) atoms. The number of rotatable bonds is 14. The van der Waals surface area contributed by atoms with Gasteiger partial charge in [0.05, 0.1) is 12.2 Å². The summed E-state index contributed by atoms with van der Waals surface area (Å²) in [5.41, 5.74) is 1.51. The summed E-state index contributed by atoms with van der Waals surface area (Å²) >= 11 is 0. The number of hydrogen-bond acceptors (Lipinski definition) is 5. The minimum absolute atomic E-state index is 0.232. The minimum atomic E-state index is -0.491. The molecule has 0 spiro atoms. The first-order chi connectivity index (χ1) is 13.4. The number of nitrogens with one attached hydrogen (secondary N) is 2. The van der Waals surface area contributed by atoms with Crippen LogP contribution in [0.1, 0.15) is 85.5 Å². The zero-order valence-electron chi connectivity index (χ0n) is 18.1. The van der Waals surface area contributed by atoms with Crippen molar-refractivity contribution in [3.8, 4) is 6.19 Å². The van der Waals surface area contributed by atoms with E-state index in [4.69, 9.17) is 11.8 Å². The Bertz CT molecular complexity index is 553. The quantitative estimate of drug-likeness (QED) is 0.152. The Morgan fingerprint density at radius 1 is 0.966 bits per heavy atom. The van der Waals surface area contributed by atoms with E-state index in [9.17, 15) is 19.8 Å². The van der Waals surface area contributed by atoms with Crippen molar-refractivity contribution in [2.75, 3.05) is 0 Å². The topological polar surface area (TPSA) is 127 Å². The summed E-state index contributed by atoms with van der Waals surface area (Å²) < 4.78 is 0. The first-order valence-electron chi connectivity index (χ1n) is 10.1. The molecule has 0 saturated heterocycles. The van der Waals surface area contributed by atoms with E-state index in [1.807, 2.05) is 27.7 Å². The van der Waals surface area contributed by atoms with Crippen LogP contribution in [0.4, 0.5) is 0 Å². The molecule has 2 atom stereocenters. The van der Waals surface area contributed by atoms with Gasteiger partial charge in [-0.25, -0.2) is 0 Å². The summed E-state index contributed by atoms with van der Waals surface area (Å²) in [6, 6.07) is 0. The molecular weight excluding hydrogens is 372 g/mol. The van der Waals surface area contributed by atoms with E-state index in [1.165, 1.54) is 0 Å². The number of carbonyl (C=O) groups is 2. The molecule has 0 saturated carbocycles. The van der Waals surface area contributed by atoms with E-state index >= 15 is 0 Å². The van der Waals surface area contributed by atoms with Crippen molar-refractivity contribution in [3.63, 3.8) is 0 Å². The van der Waals surface area contributed by atoms with Crippen LogP contribution in [0, 0.1) is 28.9 Å². The van der Waals surface area contributed by atoms with Gasteiger partial charge in [-0.15, -0.1) is 0 Å². The van der Waals surface area contributed by atoms with Crippen LogP contribution in [0.2, 0.25) is 0 Å². The average molecular weight is 409 g/mol. The predicted octanol–water partition coefficient (Wildman–Crippen LogP) is 2.82. The lowest BCUT2D eigenvalue weighted by molar-refractivity contribution is -0.123. The van der Waals surface area contributed by atoms with Crippen LogP contribution in [-0.4, -0.2) is 34.2 Å². The van der Waals surface area contributed by atoms with Crippen LogP contribution >= 0.6 is 0 Å². The molecule has 2 amide bonds. The second-order valence-corrected chi connectivity index (χ2v) is 9.30. The molecule has 0 aromatic heterocycles. The molecule has 0 rings (SSSR count). The van der Waals surface area contributed by atoms with Gasteiger partial charge in [-0.3, -0.25) is 14.9 Å². The lowest BCUT2D eigenvalue weighted by atomic mass is 9.82. The number of hydrogen-bond donors (Lipinski definition) is 4. The Morgan fingerprint density at radius 3 is 1.83 bits per heavy atom. The average Bonchev–Trinajstić information content (AvgIpc) is 2.58. The van der Waals surface area contributed by atoms with Crippen molar-refractivity contribution in [1.82, 2.24) is 10.7 Å². The summed E-state index contributed by atoms with van der Waals surface area (Å²) in [6.07, 6.45) is 5.42. The summed E-state index contributed by atoms with van der Waals surface area (Å²) in [4.78, 5) is 25.9. The third-order valence-electron chi connectivity index (χ3n) is 5.04. The molecule has 0 bridgehead atoms. The van der Waals surface area contributed by atoms with E-state index in [0.717, 1.165) is 0 Å². The van der Waals surface area contributed by atoms with Crippen molar-refractivity contribution < 1.29 is 19.8 Å². The maximum Gasteiger partial charge on any atom is 0.288 e. The molecule has 0 fully saturated rings. The van der Waals surface area contributed by atoms with E-state index in [1.54, 1.807) is 6.19 Å². The predicted molar refractivity (Wildman–Crippen MR) is 110 cm³/mol. The van der Waals surface area contributed by atoms with E-state index in [-0.39, 0.29) is 35.5 Å². The summed E-state index contributed by atoms with van der Waals surface area (Å²) in [6.45, 7) is 14.4. The third kappa shape index (κ3) is 14.5. The Labute approximate surface area is 174 Å². The highest BCUT2D eigenvalue weighted by molar-refractivity contribution is 5.78. The van der Waals surface area contributed by atoms with Crippen LogP contribution in [-0.2, 0) is 9.59 Å². The first kappa shape index (κ1) is 26.8. The van der Waals surface area contributed by atoms with Gasteiger partial charge in [-0.1, -0.05) is 33.1 Å². The second-order valence-electron chi connectivity index (χ2n) is 9.30. The van der Waals surface area contributed by atoms with Gasteiger partial charge in [-0.2, -0.15) is 16.8 Å². The number of amides is 2. The van der Waals surface area contributed by atoms with Crippen molar-refractivity contribution in [3.05, 3.63) is 11.5 Å². The van der Waals surface area contributed by atoms with Gasteiger partial charge in [-0.05, 0) is 55.8 Å². The molecule has 2 unspecified atom stereocenters. The minimum Gasteiger partial charge on any atom is -0.393 e. The Morgan fingerprint density at radius 2 is 1.41 bits per heavy atom. The van der Waals surface area contributed by atoms with Crippen LogP contribution in [0.3, 0.4) is 0 Å². The lowest BCUT2D eigenvalue weighted by Crippen LogP contribution is -2.26. The summed E-state index contributed by atoms with van der Waals surface area (Å²) in [7, 11) is 0. The third-order valence-corrected chi connectivity index (χ3v) is 5.04. The zero-order chi connectivity index (χ0) is 22.5. The standard InChI is InChI=1S/C21H36N4O4/c1-20(2,13-18(28)24-15-22)11-9-16(26)7-6-8-17(27)10-12-21(3,4)14-19(29)25-23-5/h16-17,26-27H,6-14H2,1-4H3,(H,24,28)(H,25,29). The normalized spacial score (nSPS) is 13.7. The molecule has 0 radical (unpaired) electrons. The number of aliphatic hydroxyl groups is 2. The largest absolute Gasteiger partial charge is 0.393 e.